The summed E-state index contributed by atoms with van der Waals surface area (Å²) in [7, 11) is 0. The molecule has 1 amide bonds. The molecule has 0 bridgehead atoms. The van der Waals surface area contributed by atoms with Gasteiger partial charge in [-0.05, 0) is 61.1 Å². The standard InChI is InChI=1S/C21H24F2N2O/c22-17-7-1-4-14(10-17)11-20(15-5-2-8-18(23)12-15)25-21(26)16-6-3-9-19(24)13-16/h1-2,4-5,7-8,10,12,16,19-20H,3,6,9,11,13,24H2,(H,25,26). The summed E-state index contributed by atoms with van der Waals surface area (Å²) in [6, 6.07) is 12.1. The lowest BCUT2D eigenvalue weighted by atomic mass is 9.85. The summed E-state index contributed by atoms with van der Waals surface area (Å²) in [5.74, 6) is -0.876. The van der Waals surface area contributed by atoms with Crippen molar-refractivity contribution in [3.05, 3.63) is 71.3 Å². The molecule has 3 N–H and O–H groups in total. The van der Waals surface area contributed by atoms with E-state index in [4.69, 9.17) is 5.73 Å². The lowest BCUT2D eigenvalue weighted by molar-refractivity contribution is -0.126. The summed E-state index contributed by atoms with van der Waals surface area (Å²) in [6.07, 6.45) is 3.76. The van der Waals surface area contributed by atoms with Crippen LogP contribution in [-0.4, -0.2) is 11.9 Å². The highest BCUT2D eigenvalue weighted by atomic mass is 19.1. The van der Waals surface area contributed by atoms with Gasteiger partial charge in [0.05, 0.1) is 6.04 Å². The molecule has 0 spiro atoms. The van der Waals surface area contributed by atoms with Crippen molar-refractivity contribution in [2.24, 2.45) is 11.7 Å². The number of benzene rings is 2. The van der Waals surface area contributed by atoms with Crippen LogP contribution in [0.5, 0.6) is 0 Å². The molecular formula is C21H24F2N2O. The smallest absolute Gasteiger partial charge is 0.223 e. The second-order valence-corrected chi connectivity index (χ2v) is 7.07. The third-order valence-electron chi connectivity index (χ3n) is 4.98. The van der Waals surface area contributed by atoms with Gasteiger partial charge < -0.3 is 11.1 Å². The van der Waals surface area contributed by atoms with Gasteiger partial charge in [0.15, 0.2) is 0 Å². The van der Waals surface area contributed by atoms with E-state index in [0.29, 0.717) is 18.4 Å². The van der Waals surface area contributed by atoms with Crippen LogP contribution in [0.2, 0.25) is 0 Å². The Bertz CT molecular complexity index is 765. The Kier molecular flexibility index (Phi) is 5.99. The minimum absolute atomic E-state index is 0.0512. The van der Waals surface area contributed by atoms with E-state index in [1.54, 1.807) is 24.3 Å². The van der Waals surface area contributed by atoms with E-state index in [2.05, 4.69) is 5.32 Å². The lowest BCUT2D eigenvalue weighted by Gasteiger charge is -2.28. The third-order valence-corrected chi connectivity index (χ3v) is 4.98. The van der Waals surface area contributed by atoms with Crippen LogP contribution in [0, 0.1) is 17.6 Å². The first-order valence-corrected chi connectivity index (χ1v) is 9.07. The van der Waals surface area contributed by atoms with E-state index in [9.17, 15) is 13.6 Å². The molecule has 3 unspecified atom stereocenters. The summed E-state index contributed by atoms with van der Waals surface area (Å²) in [5.41, 5.74) is 7.41. The summed E-state index contributed by atoms with van der Waals surface area (Å²) in [5, 5.41) is 3.04. The maximum Gasteiger partial charge on any atom is 0.223 e. The monoisotopic (exact) mass is 358 g/mol. The predicted molar refractivity (Wildman–Crippen MR) is 97.3 cm³/mol. The number of carbonyl (C=O) groups is 1. The van der Waals surface area contributed by atoms with Crippen molar-refractivity contribution in [1.29, 1.82) is 0 Å². The van der Waals surface area contributed by atoms with Crippen molar-refractivity contribution in [2.75, 3.05) is 0 Å². The van der Waals surface area contributed by atoms with Crippen LogP contribution in [0.4, 0.5) is 8.78 Å². The van der Waals surface area contributed by atoms with E-state index in [0.717, 1.165) is 24.8 Å². The van der Waals surface area contributed by atoms with Gasteiger partial charge in [-0.15, -0.1) is 0 Å². The zero-order chi connectivity index (χ0) is 18.5. The second-order valence-electron chi connectivity index (χ2n) is 7.07. The molecule has 0 aliphatic heterocycles. The zero-order valence-electron chi connectivity index (χ0n) is 14.6. The van der Waals surface area contributed by atoms with Gasteiger partial charge in [0, 0.05) is 12.0 Å². The number of halogens is 2. The van der Waals surface area contributed by atoms with Gasteiger partial charge in [-0.2, -0.15) is 0 Å². The van der Waals surface area contributed by atoms with Gasteiger partial charge in [0.1, 0.15) is 11.6 Å². The fourth-order valence-corrected chi connectivity index (χ4v) is 3.63. The number of nitrogens with two attached hydrogens (primary N) is 1. The first kappa shape index (κ1) is 18.5. The molecule has 3 atom stereocenters. The number of carbonyl (C=O) groups excluding carboxylic acids is 1. The molecule has 2 aromatic rings. The van der Waals surface area contributed by atoms with E-state index >= 15 is 0 Å². The molecule has 26 heavy (non-hydrogen) atoms. The summed E-state index contributed by atoms with van der Waals surface area (Å²) in [4.78, 5) is 12.7. The Hall–Kier alpha value is -2.27. The van der Waals surface area contributed by atoms with Gasteiger partial charge in [-0.3, -0.25) is 4.79 Å². The third kappa shape index (κ3) is 4.88. The Morgan fingerprint density at radius 1 is 1.12 bits per heavy atom. The maximum atomic E-state index is 13.7. The fraction of sp³-hybridized carbons (Fsp3) is 0.381. The van der Waals surface area contributed by atoms with Crippen molar-refractivity contribution in [3.63, 3.8) is 0 Å². The van der Waals surface area contributed by atoms with Gasteiger partial charge >= 0.3 is 0 Å². The van der Waals surface area contributed by atoms with E-state index in [1.807, 2.05) is 0 Å². The lowest BCUT2D eigenvalue weighted by Crippen LogP contribution is -2.39. The largest absolute Gasteiger partial charge is 0.349 e. The van der Waals surface area contributed by atoms with Gasteiger partial charge in [-0.1, -0.05) is 30.7 Å². The van der Waals surface area contributed by atoms with Gasteiger partial charge in [0.25, 0.3) is 0 Å². The first-order valence-electron chi connectivity index (χ1n) is 9.07. The molecule has 1 aliphatic rings. The zero-order valence-corrected chi connectivity index (χ0v) is 14.6. The number of hydrogen-bond acceptors (Lipinski definition) is 2. The van der Waals surface area contributed by atoms with Crippen LogP contribution in [-0.2, 0) is 11.2 Å². The molecule has 1 saturated carbocycles. The number of rotatable bonds is 5. The van der Waals surface area contributed by atoms with Crippen molar-refractivity contribution in [2.45, 2.75) is 44.2 Å². The minimum Gasteiger partial charge on any atom is -0.349 e. The molecule has 3 nitrogen and oxygen atoms in total. The maximum absolute atomic E-state index is 13.7. The Balaban J connectivity index is 1.79. The molecule has 1 aliphatic carbocycles. The number of amides is 1. The van der Waals surface area contributed by atoms with Crippen LogP contribution in [0.1, 0.15) is 42.9 Å². The summed E-state index contributed by atoms with van der Waals surface area (Å²) < 4.78 is 27.2. The Labute approximate surface area is 152 Å². The fourth-order valence-electron chi connectivity index (χ4n) is 3.63. The van der Waals surface area contributed by atoms with Crippen molar-refractivity contribution >= 4 is 5.91 Å². The quantitative estimate of drug-likeness (QED) is 0.852. The van der Waals surface area contributed by atoms with Crippen LogP contribution >= 0.6 is 0 Å². The number of hydrogen-bond donors (Lipinski definition) is 2. The van der Waals surface area contributed by atoms with Gasteiger partial charge in [-0.25, -0.2) is 8.78 Å². The van der Waals surface area contributed by atoms with E-state index < -0.39 is 6.04 Å². The van der Waals surface area contributed by atoms with Crippen LogP contribution in [0.25, 0.3) is 0 Å². The molecule has 0 saturated heterocycles. The molecule has 0 aromatic heterocycles. The van der Waals surface area contributed by atoms with Crippen LogP contribution in [0.3, 0.4) is 0 Å². The Morgan fingerprint density at radius 2 is 1.85 bits per heavy atom. The van der Waals surface area contributed by atoms with Crippen LogP contribution in [0.15, 0.2) is 48.5 Å². The molecular weight excluding hydrogens is 334 g/mol. The van der Waals surface area contributed by atoms with Gasteiger partial charge in [0.2, 0.25) is 5.91 Å². The van der Waals surface area contributed by atoms with Crippen molar-refractivity contribution < 1.29 is 13.6 Å². The normalized spacial score (nSPS) is 21.2. The predicted octanol–water partition coefficient (Wildman–Crippen LogP) is 3.88. The van der Waals surface area contributed by atoms with Crippen LogP contribution < -0.4 is 11.1 Å². The van der Waals surface area contributed by atoms with E-state index in [1.165, 1.54) is 24.3 Å². The molecule has 1 fully saturated rings. The first-order chi connectivity index (χ1) is 12.5. The SMILES string of the molecule is NC1CCCC(C(=O)NC(Cc2cccc(F)c2)c2cccc(F)c2)C1. The molecule has 5 heteroatoms. The summed E-state index contributed by atoms with van der Waals surface area (Å²) >= 11 is 0. The average Bonchev–Trinajstić information content (AvgIpc) is 2.61. The topological polar surface area (TPSA) is 55.1 Å². The second kappa shape index (κ2) is 8.41. The molecule has 3 rings (SSSR count). The highest BCUT2D eigenvalue weighted by Crippen LogP contribution is 2.26. The molecule has 2 aromatic carbocycles. The highest BCUT2D eigenvalue weighted by molar-refractivity contribution is 5.79. The van der Waals surface area contributed by atoms with Crippen molar-refractivity contribution in [1.82, 2.24) is 5.32 Å². The Morgan fingerprint density at radius 3 is 2.54 bits per heavy atom. The van der Waals surface area contributed by atoms with E-state index in [-0.39, 0.29) is 29.5 Å². The average molecular weight is 358 g/mol. The molecule has 0 heterocycles. The number of nitrogens with one attached hydrogen (secondary N) is 1. The molecule has 0 radical (unpaired) electrons. The summed E-state index contributed by atoms with van der Waals surface area (Å²) in [6.45, 7) is 0. The minimum atomic E-state index is -0.418. The molecule has 138 valence electrons. The highest BCUT2D eigenvalue weighted by Gasteiger charge is 2.27. The van der Waals surface area contributed by atoms with Crippen molar-refractivity contribution in [3.8, 4) is 0 Å².